The van der Waals surface area contributed by atoms with Gasteiger partial charge in [-0.15, -0.1) is 0 Å². The molecule has 142 valence electrons. The van der Waals surface area contributed by atoms with E-state index >= 15 is 0 Å². The van der Waals surface area contributed by atoms with E-state index in [0.29, 0.717) is 5.75 Å². The quantitative estimate of drug-likeness (QED) is 0.525. The number of ether oxygens (including phenoxy) is 1. The van der Waals surface area contributed by atoms with Crippen molar-refractivity contribution in [3.05, 3.63) is 65.2 Å². The van der Waals surface area contributed by atoms with Crippen molar-refractivity contribution in [1.29, 1.82) is 0 Å². The maximum absolute atomic E-state index is 12.0. The van der Waals surface area contributed by atoms with Gasteiger partial charge in [0.1, 0.15) is 5.75 Å². The first-order chi connectivity index (χ1) is 13.0. The third-order valence-corrected chi connectivity index (χ3v) is 4.09. The largest absolute Gasteiger partial charge is 0.484 e. The normalized spacial score (nSPS) is 10.0. The molecular formula is C20H23N3O3S. The van der Waals surface area contributed by atoms with Crippen LogP contribution in [0.4, 0.5) is 0 Å². The van der Waals surface area contributed by atoms with Crippen LogP contribution in [0.25, 0.3) is 0 Å². The van der Waals surface area contributed by atoms with Crippen LogP contribution < -0.4 is 20.9 Å². The summed E-state index contributed by atoms with van der Waals surface area (Å²) in [4.78, 5) is 23.8. The zero-order valence-corrected chi connectivity index (χ0v) is 16.2. The van der Waals surface area contributed by atoms with E-state index in [1.807, 2.05) is 55.5 Å². The number of carbonyl (C=O) groups is 2. The minimum Gasteiger partial charge on any atom is -0.484 e. The van der Waals surface area contributed by atoms with Crippen molar-refractivity contribution >= 4 is 29.1 Å². The van der Waals surface area contributed by atoms with E-state index in [2.05, 4.69) is 23.1 Å². The van der Waals surface area contributed by atoms with E-state index in [0.717, 1.165) is 17.5 Å². The molecule has 0 fully saturated rings. The number of aryl methyl sites for hydroxylation is 2. The summed E-state index contributed by atoms with van der Waals surface area (Å²) in [6, 6.07) is 15.1. The highest BCUT2D eigenvalue weighted by molar-refractivity contribution is 7.80. The molecule has 0 aliphatic carbocycles. The first-order valence-corrected chi connectivity index (χ1v) is 9.03. The summed E-state index contributed by atoms with van der Waals surface area (Å²) >= 11 is 5.00. The highest BCUT2D eigenvalue weighted by Crippen LogP contribution is 2.12. The molecule has 7 heteroatoms. The monoisotopic (exact) mass is 385 g/mol. The van der Waals surface area contributed by atoms with Gasteiger partial charge in [-0.3, -0.25) is 20.4 Å². The first-order valence-electron chi connectivity index (χ1n) is 8.63. The number of hydrogen-bond acceptors (Lipinski definition) is 4. The fraction of sp³-hybridized carbons (Fsp3) is 0.250. The van der Waals surface area contributed by atoms with Gasteiger partial charge in [-0.2, -0.15) is 0 Å². The average molecular weight is 385 g/mol. The lowest BCUT2D eigenvalue weighted by atomic mass is 10.1. The SMILES string of the molecule is CCc1ccc(OCC(=O)NNC(=S)NC(=O)Cc2ccccc2C)cc1. The third kappa shape index (κ3) is 7.07. The molecular weight excluding hydrogens is 362 g/mol. The van der Waals surface area contributed by atoms with E-state index in [1.165, 1.54) is 5.56 Å². The van der Waals surface area contributed by atoms with Crippen LogP contribution in [-0.2, 0) is 22.4 Å². The molecule has 6 nitrogen and oxygen atoms in total. The predicted molar refractivity (Wildman–Crippen MR) is 108 cm³/mol. The molecule has 2 rings (SSSR count). The van der Waals surface area contributed by atoms with Gasteiger partial charge < -0.3 is 10.1 Å². The Morgan fingerprint density at radius 2 is 1.70 bits per heavy atom. The van der Waals surface area contributed by atoms with Crippen molar-refractivity contribution < 1.29 is 14.3 Å². The maximum atomic E-state index is 12.0. The summed E-state index contributed by atoms with van der Waals surface area (Å²) < 4.78 is 5.39. The van der Waals surface area contributed by atoms with E-state index in [9.17, 15) is 9.59 Å². The number of hydrogen-bond donors (Lipinski definition) is 3. The number of nitrogens with one attached hydrogen (secondary N) is 3. The zero-order valence-electron chi connectivity index (χ0n) is 15.4. The van der Waals surface area contributed by atoms with Crippen LogP contribution in [0.1, 0.15) is 23.6 Å². The number of carbonyl (C=O) groups excluding carboxylic acids is 2. The number of thiocarbonyl (C=S) groups is 1. The average Bonchev–Trinajstić information content (AvgIpc) is 2.67. The first kappa shape index (κ1) is 20.4. The Kier molecular flexibility index (Phi) is 7.76. The molecule has 0 aromatic heterocycles. The lowest BCUT2D eigenvalue weighted by molar-refractivity contribution is -0.124. The number of amides is 2. The van der Waals surface area contributed by atoms with E-state index in [-0.39, 0.29) is 24.0 Å². The Balaban J connectivity index is 1.68. The number of hydrazine groups is 1. The van der Waals surface area contributed by atoms with E-state index in [4.69, 9.17) is 17.0 Å². The third-order valence-electron chi connectivity index (χ3n) is 3.88. The van der Waals surface area contributed by atoms with Crippen LogP contribution in [0.3, 0.4) is 0 Å². The molecule has 0 heterocycles. The van der Waals surface area contributed by atoms with Gasteiger partial charge in [0.25, 0.3) is 5.91 Å². The topological polar surface area (TPSA) is 79.5 Å². The van der Waals surface area contributed by atoms with Crippen LogP contribution in [0.2, 0.25) is 0 Å². The molecule has 0 aliphatic heterocycles. The van der Waals surface area contributed by atoms with Gasteiger partial charge in [-0.1, -0.05) is 43.3 Å². The standard InChI is InChI=1S/C20H23N3O3S/c1-3-15-8-10-17(11-9-15)26-13-19(25)22-23-20(27)21-18(24)12-16-7-5-4-6-14(16)2/h4-11H,3,12-13H2,1-2H3,(H,22,25)(H2,21,23,24,27). The van der Waals surface area contributed by atoms with Gasteiger partial charge >= 0.3 is 0 Å². The Labute approximate surface area is 164 Å². The Morgan fingerprint density at radius 3 is 2.37 bits per heavy atom. The van der Waals surface area contributed by atoms with Crippen LogP contribution in [0.15, 0.2) is 48.5 Å². The molecule has 0 unspecified atom stereocenters. The van der Waals surface area contributed by atoms with Gasteiger partial charge in [-0.25, -0.2) is 0 Å². The van der Waals surface area contributed by atoms with Crippen LogP contribution in [-0.4, -0.2) is 23.5 Å². The fourth-order valence-corrected chi connectivity index (χ4v) is 2.48. The Hall–Kier alpha value is -2.93. The lowest BCUT2D eigenvalue weighted by Crippen LogP contribution is -2.50. The highest BCUT2D eigenvalue weighted by Gasteiger charge is 2.09. The molecule has 27 heavy (non-hydrogen) atoms. The number of benzene rings is 2. The van der Waals surface area contributed by atoms with Crippen molar-refractivity contribution in [2.75, 3.05) is 6.61 Å². The van der Waals surface area contributed by atoms with Crippen molar-refractivity contribution in [2.24, 2.45) is 0 Å². The van der Waals surface area contributed by atoms with Gasteiger partial charge in [0, 0.05) is 0 Å². The highest BCUT2D eigenvalue weighted by atomic mass is 32.1. The van der Waals surface area contributed by atoms with Gasteiger partial charge in [0.15, 0.2) is 11.7 Å². The Bertz CT molecular complexity index is 806. The second kappa shape index (κ2) is 10.3. The molecule has 2 aromatic rings. The lowest BCUT2D eigenvalue weighted by Gasteiger charge is -2.12. The molecule has 0 atom stereocenters. The van der Waals surface area contributed by atoms with E-state index in [1.54, 1.807) is 0 Å². The van der Waals surface area contributed by atoms with Gasteiger partial charge in [0.2, 0.25) is 5.91 Å². The van der Waals surface area contributed by atoms with Crippen LogP contribution in [0, 0.1) is 6.92 Å². The molecule has 0 saturated carbocycles. The minimum absolute atomic E-state index is 0.0224. The van der Waals surface area contributed by atoms with Crippen LogP contribution >= 0.6 is 12.2 Å². The molecule has 0 spiro atoms. The summed E-state index contributed by atoms with van der Waals surface area (Å²) in [6.45, 7) is 3.84. The second-order valence-corrected chi connectivity index (χ2v) is 6.35. The fourth-order valence-electron chi connectivity index (χ4n) is 2.32. The van der Waals surface area contributed by atoms with E-state index < -0.39 is 5.91 Å². The van der Waals surface area contributed by atoms with Gasteiger partial charge in [-0.05, 0) is 54.4 Å². The molecule has 0 bridgehead atoms. The summed E-state index contributed by atoms with van der Waals surface area (Å²) in [6.07, 6.45) is 1.15. The van der Waals surface area contributed by atoms with Crippen molar-refractivity contribution in [1.82, 2.24) is 16.2 Å². The summed E-state index contributed by atoms with van der Waals surface area (Å²) in [5.41, 5.74) is 8.02. The van der Waals surface area contributed by atoms with Crippen molar-refractivity contribution in [3.8, 4) is 5.75 Å². The summed E-state index contributed by atoms with van der Waals surface area (Å²) in [7, 11) is 0. The second-order valence-electron chi connectivity index (χ2n) is 5.94. The van der Waals surface area contributed by atoms with Crippen molar-refractivity contribution in [2.45, 2.75) is 26.7 Å². The Morgan fingerprint density at radius 1 is 1.00 bits per heavy atom. The zero-order chi connectivity index (χ0) is 19.6. The summed E-state index contributed by atoms with van der Waals surface area (Å²) in [5, 5.41) is 2.55. The smallest absolute Gasteiger partial charge is 0.276 e. The summed E-state index contributed by atoms with van der Waals surface area (Å²) in [5.74, 6) is -0.0650. The van der Waals surface area contributed by atoms with Crippen molar-refractivity contribution in [3.63, 3.8) is 0 Å². The molecule has 0 saturated heterocycles. The molecule has 0 radical (unpaired) electrons. The molecule has 0 aliphatic rings. The van der Waals surface area contributed by atoms with Crippen LogP contribution in [0.5, 0.6) is 5.75 Å². The minimum atomic E-state index is -0.412. The molecule has 2 amide bonds. The molecule has 3 N–H and O–H groups in total. The maximum Gasteiger partial charge on any atom is 0.276 e. The number of rotatable bonds is 6. The predicted octanol–water partition coefficient (Wildman–Crippen LogP) is 2.20. The van der Waals surface area contributed by atoms with Gasteiger partial charge in [0.05, 0.1) is 6.42 Å². The molecule has 2 aromatic carbocycles.